The summed E-state index contributed by atoms with van der Waals surface area (Å²) in [6.45, 7) is 11.5. The summed E-state index contributed by atoms with van der Waals surface area (Å²) < 4.78 is 0. The van der Waals surface area contributed by atoms with Crippen molar-refractivity contribution in [3.63, 3.8) is 0 Å². The van der Waals surface area contributed by atoms with Crippen molar-refractivity contribution in [3.05, 3.63) is 29.8 Å². The molecule has 1 aromatic carbocycles. The predicted octanol–water partition coefficient (Wildman–Crippen LogP) is 2.48. The van der Waals surface area contributed by atoms with Crippen LogP contribution < -0.4 is 5.19 Å². The fourth-order valence-electron chi connectivity index (χ4n) is 1.28. The lowest BCUT2D eigenvalue weighted by molar-refractivity contribution is 0.590. The molecule has 1 aromatic rings. The molecule has 1 rings (SSSR count). The maximum atomic E-state index is 3.34. The van der Waals surface area contributed by atoms with Crippen molar-refractivity contribution in [1.82, 2.24) is 0 Å². The molecular weight excluding hydrogens is 172 g/mol. The highest BCUT2D eigenvalue weighted by molar-refractivity contribution is 6.70. The Morgan fingerprint density at radius 1 is 1.23 bits per heavy atom. The lowest BCUT2D eigenvalue weighted by atomic mass is 9.87. The number of hydrogen-bond donors (Lipinski definition) is 0. The van der Waals surface area contributed by atoms with E-state index in [0.717, 1.165) is 0 Å². The van der Waals surface area contributed by atoms with Gasteiger partial charge in [0.1, 0.15) is 0 Å². The molecule has 0 saturated heterocycles. The highest BCUT2D eigenvalue weighted by Gasteiger charge is 2.14. The average Bonchev–Trinajstić information content (AvgIpc) is 2.03. The molecule has 13 heavy (non-hydrogen) atoms. The van der Waals surface area contributed by atoms with Crippen LogP contribution in [0.4, 0.5) is 0 Å². The quantitative estimate of drug-likeness (QED) is 0.598. The summed E-state index contributed by atoms with van der Waals surface area (Å²) in [6.07, 6.45) is 0. The van der Waals surface area contributed by atoms with E-state index in [9.17, 15) is 0 Å². The number of benzene rings is 1. The normalized spacial score (nSPS) is 12.2. The van der Waals surface area contributed by atoms with Gasteiger partial charge in [-0.05, 0) is 17.0 Å². The van der Waals surface area contributed by atoms with Gasteiger partial charge in [0, 0.05) is 0 Å². The molecule has 0 amide bonds. The standard InChI is InChI=1S/C12H19Si/c1-12(2,3)10-7-6-8-11(9-10)13(4)5/h6-7,9,13H,1-5H3. The summed E-state index contributed by atoms with van der Waals surface area (Å²) in [5.41, 5.74) is 1.70. The second kappa shape index (κ2) is 3.67. The first kappa shape index (κ1) is 10.5. The van der Waals surface area contributed by atoms with Gasteiger partial charge in [-0.25, -0.2) is 0 Å². The molecule has 0 bridgehead atoms. The third-order valence-electron chi connectivity index (χ3n) is 2.31. The first-order valence-electron chi connectivity index (χ1n) is 4.93. The molecule has 0 aliphatic heterocycles. The maximum absolute atomic E-state index is 3.34. The van der Waals surface area contributed by atoms with Crippen molar-refractivity contribution >= 4 is 14.0 Å². The minimum Gasteiger partial charge on any atom is -0.0682 e. The average molecular weight is 191 g/mol. The lowest BCUT2D eigenvalue weighted by Crippen LogP contribution is -2.25. The predicted molar refractivity (Wildman–Crippen MR) is 62.5 cm³/mol. The van der Waals surface area contributed by atoms with E-state index >= 15 is 0 Å². The van der Waals surface area contributed by atoms with Crippen LogP contribution in [0, 0.1) is 6.07 Å². The monoisotopic (exact) mass is 191 g/mol. The van der Waals surface area contributed by atoms with E-state index in [1.807, 2.05) is 0 Å². The summed E-state index contributed by atoms with van der Waals surface area (Å²) in [5, 5.41) is 1.45. The summed E-state index contributed by atoms with van der Waals surface area (Å²) in [4.78, 5) is 0. The van der Waals surface area contributed by atoms with Gasteiger partial charge in [0.25, 0.3) is 0 Å². The summed E-state index contributed by atoms with van der Waals surface area (Å²) in [6, 6.07) is 9.93. The first-order chi connectivity index (χ1) is 5.91. The molecule has 0 heterocycles. The Morgan fingerprint density at radius 2 is 1.85 bits per heavy atom. The van der Waals surface area contributed by atoms with Crippen LogP contribution in [-0.4, -0.2) is 8.80 Å². The zero-order valence-corrected chi connectivity index (χ0v) is 10.5. The Kier molecular flexibility index (Phi) is 2.97. The van der Waals surface area contributed by atoms with Gasteiger partial charge in [0.2, 0.25) is 0 Å². The molecular formula is C12H19Si. The number of hydrogen-bond acceptors (Lipinski definition) is 0. The fourth-order valence-corrected chi connectivity index (χ4v) is 2.23. The second-order valence-electron chi connectivity index (χ2n) is 4.94. The zero-order valence-electron chi connectivity index (χ0n) is 9.31. The van der Waals surface area contributed by atoms with E-state index in [-0.39, 0.29) is 5.41 Å². The molecule has 71 valence electrons. The van der Waals surface area contributed by atoms with Crippen LogP contribution in [-0.2, 0) is 5.41 Å². The Hall–Kier alpha value is -0.563. The van der Waals surface area contributed by atoms with E-state index in [2.05, 4.69) is 58.1 Å². The molecule has 0 nitrogen and oxygen atoms in total. The molecule has 0 aliphatic rings. The van der Waals surface area contributed by atoms with Crippen LogP contribution in [0.15, 0.2) is 18.2 Å². The van der Waals surface area contributed by atoms with Crippen molar-refractivity contribution in [3.8, 4) is 0 Å². The van der Waals surface area contributed by atoms with Gasteiger partial charge in [-0.2, -0.15) is 0 Å². The molecule has 0 spiro atoms. The van der Waals surface area contributed by atoms with Crippen molar-refractivity contribution < 1.29 is 0 Å². The third kappa shape index (κ3) is 2.70. The Bertz CT molecular complexity index is 281. The summed E-state index contributed by atoms with van der Waals surface area (Å²) in [5.74, 6) is 0. The highest BCUT2D eigenvalue weighted by atomic mass is 28.3. The van der Waals surface area contributed by atoms with Gasteiger partial charge in [-0.1, -0.05) is 57.3 Å². The molecule has 0 N–H and O–H groups in total. The van der Waals surface area contributed by atoms with Crippen molar-refractivity contribution in [2.75, 3.05) is 0 Å². The molecule has 0 atom stereocenters. The van der Waals surface area contributed by atoms with Gasteiger partial charge in [-0.3, -0.25) is 0 Å². The molecule has 0 aliphatic carbocycles. The number of rotatable bonds is 1. The molecule has 0 fully saturated rings. The van der Waals surface area contributed by atoms with Crippen molar-refractivity contribution in [1.29, 1.82) is 0 Å². The summed E-state index contributed by atoms with van der Waals surface area (Å²) >= 11 is 0. The highest BCUT2D eigenvalue weighted by Crippen LogP contribution is 2.20. The van der Waals surface area contributed by atoms with Crippen molar-refractivity contribution in [2.24, 2.45) is 0 Å². The van der Waals surface area contributed by atoms with Crippen LogP contribution in [0.2, 0.25) is 13.1 Å². The van der Waals surface area contributed by atoms with Gasteiger partial charge >= 0.3 is 0 Å². The van der Waals surface area contributed by atoms with E-state index in [0.29, 0.717) is 0 Å². The van der Waals surface area contributed by atoms with E-state index in [4.69, 9.17) is 0 Å². The largest absolute Gasteiger partial charge is 0.0682 e. The molecule has 1 heteroatoms. The maximum Gasteiger partial charge on any atom is 0.0655 e. The van der Waals surface area contributed by atoms with E-state index in [1.54, 1.807) is 0 Å². The Balaban J connectivity index is 3.06. The van der Waals surface area contributed by atoms with Gasteiger partial charge in [0.15, 0.2) is 0 Å². The van der Waals surface area contributed by atoms with E-state index in [1.165, 1.54) is 10.8 Å². The molecule has 0 unspecified atom stereocenters. The first-order valence-corrected chi connectivity index (χ1v) is 7.82. The van der Waals surface area contributed by atoms with Crippen LogP contribution in [0.5, 0.6) is 0 Å². The van der Waals surface area contributed by atoms with Gasteiger partial charge in [-0.15, -0.1) is 0 Å². The zero-order chi connectivity index (χ0) is 10.1. The third-order valence-corrected chi connectivity index (χ3v) is 3.89. The smallest absolute Gasteiger partial charge is 0.0655 e. The fraction of sp³-hybridized carbons (Fsp3) is 0.500. The Morgan fingerprint density at radius 3 is 2.31 bits per heavy atom. The van der Waals surface area contributed by atoms with Crippen LogP contribution in [0.25, 0.3) is 0 Å². The Labute approximate surface area is 83.6 Å². The molecule has 0 saturated carbocycles. The van der Waals surface area contributed by atoms with Gasteiger partial charge < -0.3 is 0 Å². The van der Waals surface area contributed by atoms with Crippen molar-refractivity contribution in [2.45, 2.75) is 39.3 Å². The molecule has 1 radical (unpaired) electrons. The minimum atomic E-state index is -0.684. The lowest BCUT2D eigenvalue weighted by Gasteiger charge is -2.20. The topological polar surface area (TPSA) is 0 Å². The minimum absolute atomic E-state index is 0.271. The van der Waals surface area contributed by atoms with E-state index < -0.39 is 8.80 Å². The van der Waals surface area contributed by atoms with Crippen LogP contribution >= 0.6 is 0 Å². The van der Waals surface area contributed by atoms with Crippen LogP contribution in [0.1, 0.15) is 26.3 Å². The van der Waals surface area contributed by atoms with Gasteiger partial charge in [0.05, 0.1) is 8.80 Å². The second-order valence-corrected chi connectivity index (χ2v) is 7.87. The van der Waals surface area contributed by atoms with Crippen LogP contribution in [0.3, 0.4) is 0 Å². The molecule has 0 aromatic heterocycles. The summed E-state index contributed by atoms with van der Waals surface area (Å²) in [7, 11) is -0.684. The SMILES string of the molecule is C[SiH](C)c1[c]ccc(C(C)(C)C)c1.